The van der Waals surface area contributed by atoms with Crippen LogP contribution in [0.2, 0.25) is 5.02 Å². The lowest BCUT2D eigenvalue weighted by Crippen LogP contribution is -2.12. The number of hydrogen-bond donors (Lipinski definition) is 1. The molecule has 0 radical (unpaired) electrons. The fourth-order valence-corrected chi connectivity index (χ4v) is 2.63. The van der Waals surface area contributed by atoms with Crippen LogP contribution in [-0.2, 0) is 0 Å². The van der Waals surface area contributed by atoms with E-state index in [9.17, 15) is 4.39 Å². The Morgan fingerprint density at radius 3 is 2.58 bits per heavy atom. The van der Waals surface area contributed by atoms with E-state index >= 15 is 0 Å². The summed E-state index contributed by atoms with van der Waals surface area (Å²) in [5.74, 6) is -0.256. The molecule has 0 aromatic heterocycles. The van der Waals surface area contributed by atoms with E-state index in [1.165, 1.54) is 6.07 Å². The molecule has 0 amide bonds. The van der Waals surface area contributed by atoms with Crippen molar-refractivity contribution < 1.29 is 4.39 Å². The topological polar surface area (TPSA) is 12.0 Å². The highest BCUT2D eigenvalue weighted by molar-refractivity contribution is 9.10. The Hall–Kier alpha value is -0.900. The fourth-order valence-electron chi connectivity index (χ4n) is 1.92. The van der Waals surface area contributed by atoms with Crippen molar-refractivity contribution in [2.24, 2.45) is 0 Å². The van der Waals surface area contributed by atoms with Gasteiger partial charge in [-0.05, 0) is 49.4 Å². The van der Waals surface area contributed by atoms with Gasteiger partial charge in [-0.15, -0.1) is 0 Å². The van der Waals surface area contributed by atoms with Crippen molar-refractivity contribution in [3.05, 3.63) is 57.3 Å². The highest BCUT2D eigenvalue weighted by Gasteiger charge is 2.11. The molecule has 0 spiro atoms. The summed E-state index contributed by atoms with van der Waals surface area (Å²) in [6.07, 6.45) is 0. The first-order valence-electron chi connectivity index (χ1n) is 5.95. The summed E-state index contributed by atoms with van der Waals surface area (Å²) in [5.41, 5.74) is 2.32. The lowest BCUT2D eigenvalue weighted by atomic mass is 10.0. The number of hydrogen-bond acceptors (Lipinski definition) is 1. The van der Waals surface area contributed by atoms with E-state index in [-0.39, 0.29) is 11.9 Å². The van der Waals surface area contributed by atoms with E-state index < -0.39 is 0 Å². The molecule has 0 saturated carbocycles. The molecule has 4 heteroatoms. The minimum Gasteiger partial charge on any atom is -0.313 e. The number of nitrogens with one attached hydrogen (secondary N) is 1. The first-order chi connectivity index (χ1) is 9.02. The molecule has 2 aromatic carbocycles. The molecular formula is C15H14BrClFN. The summed E-state index contributed by atoms with van der Waals surface area (Å²) in [6.45, 7) is 2.03. The Balaban J connectivity index is 2.47. The predicted molar refractivity (Wildman–Crippen MR) is 82.0 cm³/mol. The van der Waals surface area contributed by atoms with Gasteiger partial charge in [0.15, 0.2) is 0 Å². The largest absolute Gasteiger partial charge is 0.313 e. The van der Waals surface area contributed by atoms with Gasteiger partial charge in [0, 0.05) is 21.1 Å². The first kappa shape index (κ1) is 14.5. The zero-order chi connectivity index (χ0) is 14.0. The molecule has 0 heterocycles. The van der Waals surface area contributed by atoms with E-state index in [2.05, 4.69) is 21.2 Å². The van der Waals surface area contributed by atoms with Crippen molar-refractivity contribution in [2.45, 2.75) is 13.0 Å². The molecule has 0 bridgehead atoms. The molecule has 1 N–H and O–H groups in total. The summed E-state index contributed by atoms with van der Waals surface area (Å²) < 4.78 is 14.7. The maximum Gasteiger partial charge on any atom is 0.131 e. The molecule has 19 heavy (non-hydrogen) atoms. The summed E-state index contributed by atoms with van der Waals surface area (Å²) in [7, 11) is 1.88. The monoisotopic (exact) mass is 341 g/mol. The minimum atomic E-state index is -0.256. The summed E-state index contributed by atoms with van der Waals surface area (Å²) in [5, 5.41) is 3.77. The Bertz CT molecular complexity index is 601. The second kappa shape index (κ2) is 6.04. The van der Waals surface area contributed by atoms with E-state index in [4.69, 9.17) is 11.6 Å². The van der Waals surface area contributed by atoms with Crippen molar-refractivity contribution in [3.8, 4) is 11.1 Å². The number of benzene rings is 2. The first-order valence-corrected chi connectivity index (χ1v) is 7.12. The molecule has 1 nitrogen and oxygen atoms in total. The Morgan fingerprint density at radius 2 is 1.95 bits per heavy atom. The van der Waals surface area contributed by atoms with Crippen LogP contribution in [0, 0.1) is 5.82 Å². The standard InChI is InChI=1S/C15H14BrClFN/c1-9(19-2)12-5-3-10(7-14(12)17)13-8-11(16)4-6-15(13)18/h3-9,19H,1-2H3. The summed E-state index contributed by atoms with van der Waals surface area (Å²) >= 11 is 9.62. The highest BCUT2D eigenvalue weighted by Crippen LogP contribution is 2.31. The lowest BCUT2D eigenvalue weighted by molar-refractivity contribution is 0.631. The third-order valence-electron chi connectivity index (χ3n) is 3.14. The van der Waals surface area contributed by atoms with Crippen LogP contribution in [0.1, 0.15) is 18.5 Å². The molecule has 0 aliphatic carbocycles. The van der Waals surface area contributed by atoms with Crippen LogP contribution in [0.3, 0.4) is 0 Å². The normalized spacial score (nSPS) is 12.5. The van der Waals surface area contributed by atoms with E-state index in [0.717, 1.165) is 15.6 Å². The van der Waals surface area contributed by atoms with Crippen molar-refractivity contribution in [1.82, 2.24) is 5.32 Å². The van der Waals surface area contributed by atoms with E-state index in [0.29, 0.717) is 10.6 Å². The molecular weight excluding hydrogens is 329 g/mol. The van der Waals surface area contributed by atoms with Crippen molar-refractivity contribution in [3.63, 3.8) is 0 Å². The average molecular weight is 343 g/mol. The molecule has 1 unspecified atom stereocenters. The van der Waals surface area contributed by atoms with Crippen LogP contribution in [0.15, 0.2) is 40.9 Å². The highest BCUT2D eigenvalue weighted by atomic mass is 79.9. The Labute approximate surface area is 125 Å². The van der Waals surface area contributed by atoms with Gasteiger partial charge in [0.25, 0.3) is 0 Å². The fraction of sp³-hybridized carbons (Fsp3) is 0.200. The maximum atomic E-state index is 13.8. The van der Waals surface area contributed by atoms with Gasteiger partial charge >= 0.3 is 0 Å². The molecule has 0 aliphatic rings. The molecule has 2 aromatic rings. The predicted octanol–water partition coefficient (Wildman–Crippen LogP) is 5.19. The minimum absolute atomic E-state index is 0.161. The second-order valence-corrected chi connectivity index (χ2v) is 5.69. The van der Waals surface area contributed by atoms with E-state index in [1.54, 1.807) is 18.2 Å². The van der Waals surface area contributed by atoms with Crippen LogP contribution in [0.5, 0.6) is 0 Å². The van der Waals surface area contributed by atoms with Crippen LogP contribution >= 0.6 is 27.5 Å². The van der Waals surface area contributed by atoms with Crippen molar-refractivity contribution in [2.75, 3.05) is 7.05 Å². The SMILES string of the molecule is CNC(C)c1ccc(-c2cc(Br)ccc2F)cc1Cl. The van der Waals surface area contributed by atoms with Gasteiger partial charge in [-0.25, -0.2) is 4.39 Å². The molecule has 2 rings (SSSR count). The zero-order valence-corrected chi connectivity index (χ0v) is 13.0. The Morgan fingerprint density at radius 1 is 1.21 bits per heavy atom. The van der Waals surface area contributed by atoms with E-state index in [1.807, 2.05) is 26.1 Å². The van der Waals surface area contributed by atoms with Crippen molar-refractivity contribution >= 4 is 27.5 Å². The smallest absolute Gasteiger partial charge is 0.131 e. The number of halogens is 3. The maximum absolute atomic E-state index is 13.8. The molecule has 0 fully saturated rings. The Kier molecular flexibility index (Phi) is 4.61. The van der Waals surface area contributed by atoms with Gasteiger partial charge in [0.2, 0.25) is 0 Å². The third kappa shape index (κ3) is 3.16. The quantitative estimate of drug-likeness (QED) is 0.809. The van der Waals surface area contributed by atoms with Gasteiger partial charge in [-0.2, -0.15) is 0 Å². The van der Waals surface area contributed by atoms with Gasteiger partial charge in [0.1, 0.15) is 5.82 Å². The third-order valence-corrected chi connectivity index (χ3v) is 3.96. The number of rotatable bonds is 3. The van der Waals surface area contributed by atoms with Crippen LogP contribution in [-0.4, -0.2) is 7.05 Å². The molecule has 0 aliphatic heterocycles. The van der Waals surface area contributed by atoms with Gasteiger partial charge in [0.05, 0.1) is 0 Å². The summed E-state index contributed by atoms with van der Waals surface area (Å²) in [6, 6.07) is 10.7. The van der Waals surface area contributed by atoms with Crippen LogP contribution in [0.25, 0.3) is 11.1 Å². The van der Waals surface area contributed by atoms with Crippen LogP contribution in [0.4, 0.5) is 4.39 Å². The molecule has 1 atom stereocenters. The van der Waals surface area contributed by atoms with Gasteiger partial charge in [-0.3, -0.25) is 0 Å². The van der Waals surface area contributed by atoms with Crippen LogP contribution < -0.4 is 5.32 Å². The van der Waals surface area contributed by atoms with Gasteiger partial charge in [-0.1, -0.05) is 39.7 Å². The summed E-state index contributed by atoms with van der Waals surface area (Å²) in [4.78, 5) is 0. The second-order valence-electron chi connectivity index (χ2n) is 4.37. The molecule has 0 saturated heterocycles. The van der Waals surface area contributed by atoms with Gasteiger partial charge < -0.3 is 5.32 Å². The average Bonchev–Trinajstić information content (AvgIpc) is 2.40. The van der Waals surface area contributed by atoms with Crippen molar-refractivity contribution in [1.29, 1.82) is 0 Å². The lowest BCUT2D eigenvalue weighted by Gasteiger charge is -2.14. The molecule has 100 valence electrons. The zero-order valence-electron chi connectivity index (χ0n) is 10.7.